The third-order valence-corrected chi connectivity index (χ3v) is 3.55. The highest BCUT2D eigenvalue weighted by Crippen LogP contribution is 2.31. The van der Waals surface area contributed by atoms with Crippen molar-refractivity contribution in [3.8, 4) is 17.6 Å². The highest BCUT2D eigenvalue weighted by atomic mass is 127. The number of rotatable bonds is 3. The quantitative estimate of drug-likeness (QED) is 0.491. The van der Waals surface area contributed by atoms with Gasteiger partial charge in [-0.25, -0.2) is 4.79 Å². The monoisotopic (exact) mass is 394 g/mol. The maximum atomic E-state index is 11.4. The molecule has 0 heterocycles. The molecule has 0 spiro atoms. The summed E-state index contributed by atoms with van der Waals surface area (Å²) in [7, 11) is 1.33. The molecule has 2 aromatic carbocycles. The van der Waals surface area contributed by atoms with Crippen molar-refractivity contribution in [2.24, 2.45) is 0 Å². The van der Waals surface area contributed by atoms with Gasteiger partial charge in [-0.2, -0.15) is 5.26 Å². The van der Waals surface area contributed by atoms with Crippen molar-refractivity contribution in [1.82, 2.24) is 0 Å². The number of carbonyl (C=O) groups excluding carboxylic acids is 1. The lowest BCUT2D eigenvalue weighted by Crippen LogP contribution is -2.02. The van der Waals surface area contributed by atoms with E-state index in [2.05, 4.69) is 27.3 Å². The first kappa shape index (κ1) is 15.1. The highest BCUT2D eigenvalue weighted by Gasteiger charge is 2.11. The Labute approximate surface area is 135 Å². The molecule has 0 aromatic heterocycles. The minimum atomic E-state index is -0.405. The van der Waals surface area contributed by atoms with E-state index in [1.54, 1.807) is 36.4 Å². The molecule has 2 N–H and O–H groups in total. The molecule has 0 unspecified atom stereocenters. The number of hydrogen-bond donors (Lipinski definition) is 1. The van der Waals surface area contributed by atoms with E-state index in [-0.39, 0.29) is 0 Å². The van der Waals surface area contributed by atoms with Crippen molar-refractivity contribution < 1.29 is 14.3 Å². The fourth-order valence-corrected chi connectivity index (χ4v) is 2.28. The zero-order valence-corrected chi connectivity index (χ0v) is 13.2. The number of ether oxygens (including phenoxy) is 2. The Hall–Kier alpha value is -2.27. The standard InChI is InChI=1S/C15H11IN2O3/c1-20-15(19)10-3-5-13(11(16)7-10)21-14-4-2-9(8-17)6-12(14)18/h2-7H,18H2,1H3. The van der Waals surface area contributed by atoms with Crippen LogP contribution in [0.15, 0.2) is 36.4 Å². The fourth-order valence-electron chi connectivity index (χ4n) is 1.66. The predicted octanol–water partition coefficient (Wildman–Crippen LogP) is 3.32. The van der Waals surface area contributed by atoms with Gasteiger partial charge in [-0.15, -0.1) is 0 Å². The Kier molecular flexibility index (Phi) is 4.65. The van der Waals surface area contributed by atoms with E-state index in [1.807, 2.05) is 6.07 Å². The Morgan fingerprint density at radius 1 is 1.24 bits per heavy atom. The van der Waals surface area contributed by atoms with Crippen LogP contribution in [0.2, 0.25) is 0 Å². The summed E-state index contributed by atoms with van der Waals surface area (Å²) in [4.78, 5) is 11.4. The number of esters is 1. The summed E-state index contributed by atoms with van der Waals surface area (Å²) in [6.07, 6.45) is 0. The second kappa shape index (κ2) is 6.45. The van der Waals surface area contributed by atoms with E-state index in [4.69, 9.17) is 15.7 Å². The van der Waals surface area contributed by atoms with E-state index in [0.29, 0.717) is 28.3 Å². The lowest BCUT2D eigenvalue weighted by atomic mass is 10.2. The Morgan fingerprint density at radius 3 is 2.52 bits per heavy atom. The molecule has 0 amide bonds. The molecular formula is C15H11IN2O3. The number of benzene rings is 2. The summed E-state index contributed by atoms with van der Waals surface area (Å²) < 4.78 is 11.1. The molecule has 0 radical (unpaired) electrons. The number of hydrogen-bond acceptors (Lipinski definition) is 5. The minimum Gasteiger partial charge on any atom is -0.465 e. The summed E-state index contributed by atoms with van der Waals surface area (Å²) in [5, 5.41) is 8.80. The lowest BCUT2D eigenvalue weighted by Gasteiger charge is -2.11. The zero-order chi connectivity index (χ0) is 15.4. The summed E-state index contributed by atoms with van der Waals surface area (Å²) in [6, 6.07) is 11.8. The van der Waals surface area contributed by atoms with E-state index >= 15 is 0 Å². The normalized spacial score (nSPS) is 9.76. The van der Waals surface area contributed by atoms with Gasteiger partial charge in [-0.3, -0.25) is 0 Å². The fraction of sp³-hybridized carbons (Fsp3) is 0.0667. The number of methoxy groups -OCH3 is 1. The summed E-state index contributed by atoms with van der Waals surface area (Å²) in [5.74, 6) is 0.620. The molecule has 0 atom stereocenters. The van der Waals surface area contributed by atoms with Crippen molar-refractivity contribution in [3.05, 3.63) is 51.1 Å². The van der Waals surface area contributed by atoms with Crippen LogP contribution in [-0.4, -0.2) is 13.1 Å². The SMILES string of the molecule is COC(=O)c1ccc(Oc2ccc(C#N)cc2N)c(I)c1. The van der Waals surface area contributed by atoms with Crippen LogP contribution in [0.1, 0.15) is 15.9 Å². The van der Waals surface area contributed by atoms with Gasteiger partial charge in [0.2, 0.25) is 0 Å². The van der Waals surface area contributed by atoms with Crippen molar-refractivity contribution in [2.45, 2.75) is 0 Å². The van der Waals surface area contributed by atoms with E-state index in [1.165, 1.54) is 7.11 Å². The van der Waals surface area contributed by atoms with E-state index < -0.39 is 5.97 Å². The molecule has 0 saturated heterocycles. The molecule has 6 heteroatoms. The summed E-state index contributed by atoms with van der Waals surface area (Å²) >= 11 is 2.06. The van der Waals surface area contributed by atoms with Crippen molar-refractivity contribution >= 4 is 34.2 Å². The van der Waals surface area contributed by atoms with Crippen molar-refractivity contribution in [2.75, 3.05) is 12.8 Å². The molecule has 0 aliphatic rings. The smallest absolute Gasteiger partial charge is 0.337 e. The van der Waals surface area contributed by atoms with E-state index in [9.17, 15) is 4.79 Å². The number of nitrogens with two attached hydrogens (primary N) is 1. The number of halogens is 1. The average Bonchev–Trinajstić information content (AvgIpc) is 2.50. The van der Waals surface area contributed by atoms with Crippen LogP contribution in [0.25, 0.3) is 0 Å². The van der Waals surface area contributed by atoms with Gasteiger partial charge in [-0.05, 0) is 59.0 Å². The summed E-state index contributed by atoms with van der Waals surface area (Å²) in [6.45, 7) is 0. The van der Waals surface area contributed by atoms with Crippen LogP contribution in [0.3, 0.4) is 0 Å². The molecule has 2 aromatic rings. The minimum absolute atomic E-state index is 0.377. The second-order valence-corrected chi connectivity index (χ2v) is 5.27. The van der Waals surface area contributed by atoms with Crippen LogP contribution in [0.5, 0.6) is 11.5 Å². The molecule has 21 heavy (non-hydrogen) atoms. The third-order valence-electron chi connectivity index (χ3n) is 2.71. The molecule has 0 aliphatic heterocycles. The van der Waals surface area contributed by atoms with Gasteiger partial charge in [0, 0.05) is 0 Å². The van der Waals surface area contributed by atoms with Gasteiger partial charge in [0.05, 0.1) is 33.6 Å². The largest absolute Gasteiger partial charge is 0.465 e. The topological polar surface area (TPSA) is 85.3 Å². The maximum absolute atomic E-state index is 11.4. The third kappa shape index (κ3) is 3.44. The van der Waals surface area contributed by atoms with Crippen molar-refractivity contribution in [3.63, 3.8) is 0 Å². The molecular weight excluding hydrogens is 383 g/mol. The van der Waals surface area contributed by atoms with Crippen LogP contribution in [-0.2, 0) is 4.74 Å². The van der Waals surface area contributed by atoms with Crippen LogP contribution >= 0.6 is 22.6 Å². The molecule has 0 aliphatic carbocycles. The molecule has 5 nitrogen and oxygen atoms in total. The Bertz CT molecular complexity index is 738. The van der Waals surface area contributed by atoms with Gasteiger partial charge in [0.15, 0.2) is 0 Å². The first-order valence-corrected chi connectivity index (χ1v) is 6.98. The first-order chi connectivity index (χ1) is 10.0. The Morgan fingerprint density at radius 2 is 1.95 bits per heavy atom. The highest BCUT2D eigenvalue weighted by molar-refractivity contribution is 14.1. The van der Waals surface area contributed by atoms with Gasteiger partial charge in [0.1, 0.15) is 11.5 Å². The predicted molar refractivity (Wildman–Crippen MR) is 86.1 cm³/mol. The first-order valence-electron chi connectivity index (χ1n) is 5.90. The number of nitrogen functional groups attached to an aromatic ring is 1. The average molecular weight is 394 g/mol. The van der Waals surface area contributed by atoms with Crippen LogP contribution in [0, 0.1) is 14.9 Å². The maximum Gasteiger partial charge on any atom is 0.337 e. The number of nitriles is 1. The molecule has 0 bridgehead atoms. The zero-order valence-electron chi connectivity index (χ0n) is 11.1. The van der Waals surface area contributed by atoms with Gasteiger partial charge >= 0.3 is 5.97 Å². The van der Waals surface area contributed by atoms with Gasteiger partial charge in [-0.1, -0.05) is 0 Å². The second-order valence-electron chi connectivity index (χ2n) is 4.10. The molecule has 2 rings (SSSR count). The van der Waals surface area contributed by atoms with Crippen LogP contribution in [0.4, 0.5) is 5.69 Å². The van der Waals surface area contributed by atoms with Gasteiger partial charge in [0.25, 0.3) is 0 Å². The van der Waals surface area contributed by atoms with Crippen LogP contribution < -0.4 is 10.5 Å². The number of nitrogens with zero attached hydrogens (tertiary/aromatic N) is 1. The lowest BCUT2D eigenvalue weighted by molar-refractivity contribution is 0.0600. The van der Waals surface area contributed by atoms with Crippen molar-refractivity contribution in [1.29, 1.82) is 5.26 Å². The number of anilines is 1. The van der Waals surface area contributed by atoms with E-state index in [0.717, 1.165) is 3.57 Å². The molecule has 106 valence electrons. The summed E-state index contributed by atoms with van der Waals surface area (Å²) in [5.41, 5.74) is 7.13. The molecule has 0 saturated carbocycles. The molecule has 0 fully saturated rings. The number of carbonyl (C=O) groups is 1. The Balaban J connectivity index is 2.28. The van der Waals surface area contributed by atoms with Gasteiger partial charge < -0.3 is 15.2 Å².